The molecular formula is C26H30O8. The molecule has 0 N–H and O–H groups in total. The maximum Gasteiger partial charge on any atom is 0.340 e. The first kappa shape index (κ1) is 26.6. The summed E-state index contributed by atoms with van der Waals surface area (Å²) in [7, 11) is 0. The molecule has 0 aromatic heterocycles. The highest BCUT2D eigenvalue weighted by Gasteiger charge is 2.69. The Morgan fingerprint density at radius 2 is 1.12 bits per heavy atom. The number of carbonyl (C=O) groups is 4. The van der Waals surface area contributed by atoms with E-state index < -0.39 is 34.5 Å². The normalized spacial score (nSPS) is 11.8. The van der Waals surface area contributed by atoms with Gasteiger partial charge in [0.25, 0.3) is 11.9 Å². The van der Waals surface area contributed by atoms with E-state index in [2.05, 4.69) is 0 Å². The van der Waals surface area contributed by atoms with Crippen molar-refractivity contribution in [1.82, 2.24) is 0 Å². The second-order valence-electron chi connectivity index (χ2n) is 9.10. The fourth-order valence-corrected chi connectivity index (χ4v) is 3.21. The lowest BCUT2D eigenvalue weighted by atomic mass is 9.73. The van der Waals surface area contributed by atoms with Crippen molar-refractivity contribution in [3.63, 3.8) is 0 Å². The van der Waals surface area contributed by atoms with Crippen molar-refractivity contribution in [3.8, 4) is 0 Å². The Balaban J connectivity index is 2.51. The summed E-state index contributed by atoms with van der Waals surface area (Å²) in [5.41, 5.74) is -4.57. The van der Waals surface area contributed by atoms with Crippen LogP contribution >= 0.6 is 0 Å². The number of esters is 3. The Labute approximate surface area is 199 Å². The smallest absolute Gasteiger partial charge is 0.340 e. The van der Waals surface area contributed by atoms with E-state index in [1.54, 1.807) is 81.4 Å². The molecule has 8 heteroatoms. The molecule has 0 aliphatic rings. The number of ether oxygens (including phenoxy) is 4. The van der Waals surface area contributed by atoms with Crippen molar-refractivity contribution >= 4 is 24.4 Å². The highest BCUT2D eigenvalue weighted by Crippen LogP contribution is 2.40. The van der Waals surface area contributed by atoms with Gasteiger partial charge in [0.1, 0.15) is 24.4 Å². The van der Waals surface area contributed by atoms with Crippen LogP contribution in [0.1, 0.15) is 45.7 Å². The summed E-state index contributed by atoms with van der Waals surface area (Å²) in [5.74, 6) is -3.76. The third kappa shape index (κ3) is 6.21. The predicted octanol–water partition coefficient (Wildman–Crippen LogP) is 3.75. The number of benzene rings is 2. The van der Waals surface area contributed by atoms with Gasteiger partial charge < -0.3 is 18.9 Å². The van der Waals surface area contributed by atoms with Gasteiger partial charge in [0.2, 0.25) is 0 Å². The first-order valence-corrected chi connectivity index (χ1v) is 10.7. The van der Waals surface area contributed by atoms with E-state index in [0.29, 0.717) is 11.1 Å². The van der Waals surface area contributed by atoms with Gasteiger partial charge in [-0.25, -0.2) is 4.79 Å². The van der Waals surface area contributed by atoms with E-state index in [9.17, 15) is 19.2 Å². The first-order chi connectivity index (χ1) is 15.9. The van der Waals surface area contributed by atoms with Gasteiger partial charge in [0.15, 0.2) is 0 Å². The van der Waals surface area contributed by atoms with Crippen molar-refractivity contribution < 1.29 is 38.1 Å². The molecule has 0 aliphatic heterocycles. The Hall–Kier alpha value is -3.68. The standard InChI is InChI=1S/C26H30O8/c1-24(2,3)34-23(30)26(25(4,5)33-18-27,21(28)31-16-19-12-8-6-9-13-19)22(29)32-17-20-14-10-7-11-15-20/h6-15,18H,16-17H2,1-5H3. The summed E-state index contributed by atoms with van der Waals surface area (Å²) in [6.07, 6.45) is 0. The molecular weight excluding hydrogens is 440 g/mol. The van der Waals surface area contributed by atoms with Crippen molar-refractivity contribution in [2.45, 2.75) is 59.0 Å². The lowest BCUT2D eigenvalue weighted by molar-refractivity contribution is -0.210. The highest BCUT2D eigenvalue weighted by atomic mass is 16.6. The van der Waals surface area contributed by atoms with E-state index in [4.69, 9.17) is 18.9 Å². The summed E-state index contributed by atoms with van der Waals surface area (Å²) in [6.45, 7) is 6.82. The van der Waals surface area contributed by atoms with Crippen molar-refractivity contribution in [3.05, 3.63) is 71.8 Å². The van der Waals surface area contributed by atoms with Crippen LogP contribution in [-0.2, 0) is 51.3 Å². The molecule has 0 saturated carbocycles. The summed E-state index contributed by atoms with van der Waals surface area (Å²) in [6, 6.07) is 17.4. The summed E-state index contributed by atoms with van der Waals surface area (Å²) < 4.78 is 21.3. The minimum Gasteiger partial charge on any atom is -0.459 e. The third-order valence-electron chi connectivity index (χ3n) is 4.99. The average molecular weight is 471 g/mol. The van der Waals surface area contributed by atoms with E-state index in [0.717, 1.165) is 0 Å². The van der Waals surface area contributed by atoms with Crippen LogP contribution in [0.15, 0.2) is 60.7 Å². The van der Waals surface area contributed by atoms with Crippen LogP contribution in [0.3, 0.4) is 0 Å². The zero-order valence-electron chi connectivity index (χ0n) is 20.0. The highest BCUT2D eigenvalue weighted by molar-refractivity contribution is 6.19. The van der Waals surface area contributed by atoms with E-state index >= 15 is 0 Å². The molecule has 0 spiro atoms. The molecule has 2 aromatic carbocycles. The zero-order valence-corrected chi connectivity index (χ0v) is 20.0. The lowest BCUT2D eigenvalue weighted by Crippen LogP contribution is -2.63. The Bertz CT molecular complexity index is 935. The van der Waals surface area contributed by atoms with Crippen LogP contribution < -0.4 is 0 Å². The Morgan fingerprint density at radius 1 is 0.706 bits per heavy atom. The van der Waals surface area contributed by atoms with Gasteiger partial charge in [-0.3, -0.25) is 14.4 Å². The van der Waals surface area contributed by atoms with Gasteiger partial charge in [-0.15, -0.1) is 0 Å². The molecule has 0 radical (unpaired) electrons. The molecule has 34 heavy (non-hydrogen) atoms. The van der Waals surface area contributed by atoms with Crippen LogP contribution in [0.5, 0.6) is 0 Å². The number of hydrogen-bond acceptors (Lipinski definition) is 8. The number of rotatable bonds is 10. The van der Waals surface area contributed by atoms with Crippen molar-refractivity contribution in [2.75, 3.05) is 0 Å². The predicted molar refractivity (Wildman–Crippen MR) is 122 cm³/mol. The second kappa shape index (κ2) is 11.0. The molecule has 2 rings (SSSR count). The van der Waals surface area contributed by atoms with Crippen LogP contribution in [0.2, 0.25) is 0 Å². The molecule has 2 aromatic rings. The van der Waals surface area contributed by atoms with Crippen LogP contribution in [-0.4, -0.2) is 35.6 Å². The molecule has 0 unspecified atom stereocenters. The second-order valence-corrected chi connectivity index (χ2v) is 9.10. The molecule has 0 aliphatic carbocycles. The monoisotopic (exact) mass is 470 g/mol. The van der Waals surface area contributed by atoms with Gasteiger partial charge in [-0.05, 0) is 45.7 Å². The van der Waals surface area contributed by atoms with Crippen molar-refractivity contribution in [2.24, 2.45) is 5.41 Å². The van der Waals surface area contributed by atoms with Gasteiger partial charge >= 0.3 is 17.9 Å². The Kier molecular flexibility index (Phi) is 8.57. The van der Waals surface area contributed by atoms with Crippen LogP contribution in [0.25, 0.3) is 0 Å². The topological polar surface area (TPSA) is 105 Å². The number of hydrogen-bond donors (Lipinski definition) is 0. The first-order valence-electron chi connectivity index (χ1n) is 10.7. The number of carbonyl (C=O) groups excluding carboxylic acids is 4. The molecule has 0 fully saturated rings. The molecule has 0 bridgehead atoms. The van der Waals surface area contributed by atoms with Crippen LogP contribution in [0.4, 0.5) is 0 Å². The summed E-state index contributed by atoms with van der Waals surface area (Å²) >= 11 is 0. The maximum absolute atomic E-state index is 13.5. The van der Waals surface area contributed by atoms with Crippen LogP contribution in [0, 0.1) is 5.41 Å². The maximum atomic E-state index is 13.5. The lowest BCUT2D eigenvalue weighted by Gasteiger charge is -2.39. The minimum atomic E-state index is -2.75. The van der Waals surface area contributed by atoms with E-state index in [1.807, 2.05) is 0 Å². The molecule has 182 valence electrons. The molecule has 8 nitrogen and oxygen atoms in total. The molecule has 0 amide bonds. The molecule has 0 heterocycles. The SMILES string of the molecule is CC(C)(C)OC(=O)C(C(=O)OCc1ccccc1)(C(=O)OCc1ccccc1)C(C)(C)OC=O. The largest absolute Gasteiger partial charge is 0.459 e. The molecule has 0 saturated heterocycles. The third-order valence-corrected chi connectivity index (χ3v) is 4.99. The molecule has 0 atom stereocenters. The van der Waals surface area contributed by atoms with E-state index in [-0.39, 0.29) is 19.7 Å². The Morgan fingerprint density at radius 3 is 1.47 bits per heavy atom. The van der Waals surface area contributed by atoms with Gasteiger partial charge in [0.05, 0.1) is 0 Å². The summed E-state index contributed by atoms with van der Waals surface area (Å²) in [4.78, 5) is 51.8. The van der Waals surface area contributed by atoms with Gasteiger partial charge in [-0.2, -0.15) is 0 Å². The zero-order chi connectivity index (χ0) is 25.4. The average Bonchev–Trinajstić information content (AvgIpc) is 2.76. The van der Waals surface area contributed by atoms with Gasteiger partial charge in [-0.1, -0.05) is 60.7 Å². The van der Waals surface area contributed by atoms with Crippen molar-refractivity contribution in [1.29, 1.82) is 0 Å². The fourth-order valence-electron chi connectivity index (χ4n) is 3.21. The van der Waals surface area contributed by atoms with E-state index in [1.165, 1.54) is 13.8 Å². The van der Waals surface area contributed by atoms with Gasteiger partial charge in [0, 0.05) is 0 Å². The quantitative estimate of drug-likeness (QED) is 0.224. The minimum absolute atomic E-state index is 0.0497. The fraction of sp³-hybridized carbons (Fsp3) is 0.385. The summed E-state index contributed by atoms with van der Waals surface area (Å²) in [5, 5.41) is 0.